The van der Waals surface area contributed by atoms with Crippen LogP contribution in [0, 0.1) is 34.6 Å². The van der Waals surface area contributed by atoms with Crippen LogP contribution in [-0.4, -0.2) is 4.98 Å². The molecule has 0 amide bonds. The van der Waals surface area contributed by atoms with Gasteiger partial charge in [-0.25, -0.2) is 4.57 Å². The molecule has 4 aromatic rings. The van der Waals surface area contributed by atoms with E-state index in [1.54, 1.807) is 0 Å². The topological polar surface area (TPSA) is 29.9 Å². The minimum Gasteiger partial charge on any atom is -0.411 e. The molecule has 0 saturated heterocycles. The summed E-state index contributed by atoms with van der Waals surface area (Å²) in [5, 5.41) is 0. The number of nitrogens with zero attached hydrogens (tertiary/aromatic N) is 2. The van der Waals surface area contributed by atoms with Crippen molar-refractivity contribution in [3.05, 3.63) is 70.3 Å². The zero-order chi connectivity index (χ0) is 19.3. The van der Waals surface area contributed by atoms with Crippen molar-refractivity contribution in [2.45, 2.75) is 34.6 Å². The van der Waals surface area contributed by atoms with Gasteiger partial charge in [-0.1, -0.05) is 29.8 Å². The molecule has 2 aromatic heterocycles. The van der Waals surface area contributed by atoms with E-state index < -0.39 is 0 Å². The molecule has 3 nitrogen and oxygen atoms in total. The predicted octanol–water partition coefficient (Wildman–Crippen LogP) is 5.53. The van der Waals surface area contributed by atoms with Crippen LogP contribution in [0.5, 0.6) is 0 Å². The van der Waals surface area contributed by atoms with Crippen LogP contribution in [0.2, 0.25) is 0 Å². The van der Waals surface area contributed by atoms with Crippen molar-refractivity contribution >= 4 is 11.2 Å². The number of hydrogen-bond acceptors (Lipinski definition) is 2. The molecule has 0 saturated carbocycles. The van der Waals surface area contributed by atoms with Crippen LogP contribution >= 0.6 is 0 Å². The van der Waals surface area contributed by atoms with E-state index in [0.29, 0.717) is 5.89 Å². The summed E-state index contributed by atoms with van der Waals surface area (Å²) in [5.74, 6) is 0.686. The summed E-state index contributed by atoms with van der Waals surface area (Å²) < 4.78 is 8.27. The number of aromatic nitrogens is 2. The first-order valence-electron chi connectivity index (χ1n) is 9.31. The second-order valence-electron chi connectivity index (χ2n) is 7.51. The zero-order valence-corrected chi connectivity index (χ0v) is 16.8. The molecule has 136 valence electrons. The lowest BCUT2D eigenvalue weighted by Crippen LogP contribution is -2.32. The molecular weight excluding hydrogens is 332 g/mol. The van der Waals surface area contributed by atoms with Gasteiger partial charge in [0, 0.05) is 10.5 Å². The molecule has 0 spiro atoms. The average molecular weight is 357 g/mol. The van der Waals surface area contributed by atoms with E-state index in [2.05, 4.69) is 82.6 Å². The second-order valence-corrected chi connectivity index (χ2v) is 7.51. The van der Waals surface area contributed by atoms with Gasteiger partial charge in [0.25, 0.3) is 0 Å². The molecule has 3 heteroatoms. The molecular formula is C24H25N2O+. The first-order chi connectivity index (χ1) is 12.9. The lowest BCUT2D eigenvalue weighted by molar-refractivity contribution is -0.635. The number of fused-ring (bicyclic) bond motifs is 1. The van der Waals surface area contributed by atoms with Gasteiger partial charge in [0.05, 0.1) is 12.6 Å². The highest BCUT2D eigenvalue weighted by molar-refractivity contribution is 5.75. The van der Waals surface area contributed by atoms with Crippen molar-refractivity contribution in [2.24, 2.45) is 7.05 Å². The van der Waals surface area contributed by atoms with E-state index in [0.717, 1.165) is 22.5 Å². The maximum Gasteiger partial charge on any atom is 0.370 e. The van der Waals surface area contributed by atoms with E-state index in [-0.39, 0.29) is 0 Å². The van der Waals surface area contributed by atoms with Crippen LogP contribution in [0.3, 0.4) is 0 Å². The van der Waals surface area contributed by atoms with E-state index in [1.807, 2.05) is 6.07 Å². The van der Waals surface area contributed by atoms with Crippen LogP contribution in [0.1, 0.15) is 27.8 Å². The van der Waals surface area contributed by atoms with Gasteiger partial charge < -0.3 is 4.42 Å². The van der Waals surface area contributed by atoms with Crippen LogP contribution in [0.4, 0.5) is 0 Å². The monoisotopic (exact) mass is 357 g/mol. The van der Waals surface area contributed by atoms with Crippen molar-refractivity contribution < 1.29 is 8.98 Å². The summed E-state index contributed by atoms with van der Waals surface area (Å²) in [6.07, 6.45) is 0. The van der Waals surface area contributed by atoms with Crippen LogP contribution in [0.25, 0.3) is 33.9 Å². The summed E-state index contributed by atoms with van der Waals surface area (Å²) in [5.41, 5.74) is 11.4. The SMILES string of the molecule is Cc1cc(C)c(C)c(-c2ccc3oc(-c4c(C)cccc4C)nc3[n+]2C)c1. The predicted molar refractivity (Wildman–Crippen MR) is 110 cm³/mol. The summed E-state index contributed by atoms with van der Waals surface area (Å²) in [6.45, 7) is 10.7. The van der Waals surface area contributed by atoms with Crippen molar-refractivity contribution in [2.75, 3.05) is 0 Å². The number of oxazole rings is 1. The van der Waals surface area contributed by atoms with Gasteiger partial charge in [-0.05, 0) is 75.1 Å². The Morgan fingerprint density at radius 3 is 2.26 bits per heavy atom. The fourth-order valence-electron chi connectivity index (χ4n) is 3.89. The van der Waals surface area contributed by atoms with Gasteiger partial charge in [0.2, 0.25) is 5.58 Å². The Labute approximate surface area is 160 Å². The summed E-state index contributed by atoms with van der Waals surface area (Å²) in [6, 6.07) is 14.9. The Kier molecular flexibility index (Phi) is 4.11. The molecule has 0 bridgehead atoms. The summed E-state index contributed by atoms with van der Waals surface area (Å²) >= 11 is 0. The van der Waals surface area contributed by atoms with E-state index in [4.69, 9.17) is 9.40 Å². The molecule has 0 atom stereocenters. The van der Waals surface area contributed by atoms with Gasteiger partial charge in [0.1, 0.15) is 5.69 Å². The third-order valence-corrected chi connectivity index (χ3v) is 5.49. The Bertz CT molecular complexity index is 1160. The number of hydrogen-bond donors (Lipinski definition) is 0. The van der Waals surface area contributed by atoms with E-state index in [9.17, 15) is 0 Å². The highest BCUT2D eigenvalue weighted by atomic mass is 16.3. The lowest BCUT2D eigenvalue weighted by Gasteiger charge is -2.10. The lowest BCUT2D eigenvalue weighted by atomic mass is 9.97. The molecule has 0 fully saturated rings. The number of aryl methyl sites for hydroxylation is 5. The molecule has 0 N–H and O–H groups in total. The number of benzene rings is 2. The standard InChI is InChI=1S/C24H25N2O/c1-14-12-17(4)18(5)19(13-14)20-10-11-21-23(26(20)6)25-24(27-21)22-15(2)8-7-9-16(22)3/h7-13H,1-6H3/q+1. The molecule has 0 radical (unpaired) electrons. The second kappa shape index (κ2) is 6.34. The van der Waals surface area contributed by atoms with Gasteiger partial charge in [-0.15, -0.1) is 0 Å². The normalized spacial score (nSPS) is 11.3. The van der Waals surface area contributed by atoms with E-state index in [1.165, 1.54) is 33.4 Å². The first kappa shape index (κ1) is 17.5. The Balaban J connectivity index is 1.94. The molecule has 0 aliphatic heterocycles. The smallest absolute Gasteiger partial charge is 0.370 e. The maximum absolute atomic E-state index is 6.13. The Hall–Kier alpha value is -2.94. The molecule has 4 rings (SSSR count). The zero-order valence-electron chi connectivity index (χ0n) is 16.8. The van der Waals surface area contributed by atoms with Crippen molar-refractivity contribution in [3.63, 3.8) is 0 Å². The summed E-state index contributed by atoms with van der Waals surface area (Å²) in [7, 11) is 2.06. The van der Waals surface area contributed by atoms with Gasteiger partial charge in [0.15, 0.2) is 0 Å². The summed E-state index contributed by atoms with van der Waals surface area (Å²) in [4.78, 5) is 4.86. The van der Waals surface area contributed by atoms with Gasteiger partial charge in [-0.2, -0.15) is 0 Å². The van der Waals surface area contributed by atoms with Crippen molar-refractivity contribution in [1.29, 1.82) is 0 Å². The maximum atomic E-state index is 6.13. The fraction of sp³-hybridized carbons (Fsp3) is 0.250. The number of pyridine rings is 1. The largest absolute Gasteiger partial charge is 0.411 e. The number of rotatable bonds is 2. The molecule has 0 aliphatic rings. The third kappa shape index (κ3) is 2.84. The minimum absolute atomic E-state index is 0.686. The quantitative estimate of drug-likeness (QED) is 0.442. The van der Waals surface area contributed by atoms with Crippen LogP contribution < -0.4 is 4.57 Å². The van der Waals surface area contributed by atoms with Crippen LogP contribution in [-0.2, 0) is 7.05 Å². The molecule has 0 aliphatic carbocycles. The van der Waals surface area contributed by atoms with Gasteiger partial charge in [-0.3, -0.25) is 0 Å². The van der Waals surface area contributed by atoms with Crippen molar-refractivity contribution in [3.8, 4) is 22.7 Å². The Morgan fingerprint density at radius 1 is 0.852 bits per heavy atom. The molecule has 0 unspecified atom stereocenters. The third-order valence-electron chi connectivity index (χ3n) is 5.49. The fourth-order valence-corrected chi connectivity index (χ4v) is 3.89. The average Bonchev–Trinajstić information content (AvgIpc) is 3.03. The minimum atomic E-state index is 0.686. The molecule has 2 heterocycles. The van der Waals surface area contributed by atoms with E-state index >= 15 is 0 Å². The molecule has 27 heavy (non-hydrogen) atoms. The molecule has 2 aromatic carbocycles. The highest BCUT2D eigenvalue weighted by Gasteiger charge is 2.24. The first-order valence-corrected chi connectivity index (χ1v) is 9.31. The van der Waals surface area contributed by atoms with Crippen molar-refractivity contribution in [1.82, 2.24) is 4.98 Å². The van der Waals surface area contributed by atoms with Crippen LogP contribution in [0.15, 0.2) is 46.9 Å². The van der Waals surface area contributed by atoms with Gasteiger partial charge >= 0.3 is 11.5 Å². The Morgan fingerprint density at radius 2 is 1.56 bits per heavy atom. The highest BCUT2D eigenvalue weighted by Crippen LogP contribution is 2.30.